The minimum Gasteiger partial charge on any atom is -0.289 e. The molecule has 1 aliphatic carbocycles. The van der Waals surface area contributed by atoms with Gasteiger partial charge in [-0.05, 0) is 124 Å². The predicted molar refractivity (Wildman–Crippen MR) is 150 cm³/mol. The van der Waals surface area contributed by atoms with Crippen LogP contribution >= 0.6 is 0 Å². The van der Waals surface area contributed by atoms with Gasteiger partial charge in [-0.2, -0.15) is 0 Å². The van der Waals surface area contributed by atoms with Crippen molar-refractivity contribution in [1.82, 2.24) is 0 Å². The van der Waals surface area contributed by atoms with Gasteiger partial charge in [0.05, 0.1) is 0 Å². The number of hydrogen-bond donors (Lipinski definition) is 0. The van der Waals surface area contributed by atoms with Crippen LogP contribution in [0, 0.1) is 13.8 Å². The maximum Gasteiger partial charge on any atom is 0.190 e. The Labute approximate surface area is 213 Å². The molecule has 0 spiro atoms. The van der Waals surface area contributed by atoms with E-state index in [2.05, 4.69) is 58.9 Å². The minimum absolute atomic E-state index is 0.00388. The van der Waals surface area contributed by atoms with E-state index in [0.717, 1.165) is 49.7 Å². The number of hydrogen-bond acceptors (Lipinski definition) is 2. The molecule has 0 N–H and O–H groups in total. The van der Waals surface area contributed by atoms with Crippen LogP contribution in [0.1, 0.15) is 118 Å². The number of Topliss-reactive ketones (excluding diaryl/α,β-unsaturated/α-hetero) is 2. The van der Waals surface area contributed by atoms with E-state index in [0.29, 0.717) is 28.7 Å². The highest BCUT2D eigenvalue weighted by Gasteiger charge is 2.29. The van der Waals surface area contributed by atoms with Crippen LogP contribution in [0.2, 0.25) is 0 Å². The molecule has 0 amide bonds. The molecule has 0 heterocycles. The molecule has 0 atom stereocenters. The fraction of sp³-hybridized carbons (Fsp3) is 0.455. The number of aryl methyl sites for hydroxylation is 2. The van der Waals surface area contributed by atoms with E-state index < -0.39 is 0 Å². The highest BCUT2D eigenvalue weighted by molar-refractivity contribution is 6.26. The van der Waals surface area contributed by atoms with Gasteiger partial charge >= 0.3 is 0 Å². The van der Waals surface area contributed by atoms with Crippen LogP contribution in [0.4, 0.5) is 0 Å². The maximum absolute atomic E-state index is 13.1. The normalized spacial score (nSPS) is 15.0. The van der Waals surface area contributed by atoms with Crippen molar-refractivity contribution in [3.05, 3.63) is 92.1 Å². The van der Waals surface area contributed by atoms with Crippen molar-refractivity contribution in [3.63, 3.8) is 0 Å². The molecule has 35 heavy (non-hydrogen) atoms. The molecule has 0 fully saturated rings. The van der Waals surface area contributed by atoms with Crippen LogP contribution in [-0.2, 0) is 0 Å². The fourth-order valence-electron chi connectivity index (χ4n) is 4.37. The van der Waals surface area contributed by atoms with Gasteiger partial charge in [0.25, 0.3) is 0 Å². The Kier molecular flexibility index (Phi) is 10.9. The number of fused-ring (bicyclic) bond motifs is 1. The van der Waals surface area contributed by atoms with Gasteiger partial charge in [0, 0.05) is 22.3 Å². The first kappa shape index (κ1) is 28.5. The lowest BCUT2D eigenvalue weighted by Gasteiger charge is -2.20. The average molecular weight is 473 g/mol. The van der Waals surface area contributed by atoms with E-state index in [4.69, 9.17) is 0 Å². The number of benzene rings is 1. The van der Waals surface area contributed by atoms with Gasteiger partial charge < -0.3 is 0 Å². The number of allylic oxidation sites excluding steroid dienone is 10. The van der Waals surface area contributed by atoms with Crippen LogP contribution in [0.25, 0.3) is 0 Å². The van der Waals surface area contributed by atoms with Crippen molar-refractivity contribution in [2.45, 2.75) is 100 Å². The summed E-state index contributed by atoms with van der Waals surface area (Å²) in [6.07, 6.45) is 16.1. The molecule has 188 valence electrons. The van der Waals surface area contributed by atoms with E-state index in [1.54, 1.807) is 6.92 Å². The van der Waals surface area contributed by atoms with Crippen LogP contribution in [0.15, 0.2) is 69.9 Å². The molecule has 1 aromatic rings. The zero-order valence-corrected chi connectivity index (χ0v) is 23.2. The fourth-order valence-corrected chi connectivity index (χ4v) is 4.37. The second-order valence-electron chi connectivity index (χ2n) is 10.5. The van der Waals surface area contributed by atoms with Crippen molar-refractivity contribution in [3.8, 4) is 0 Å². The Morgan fingerprint density at radius 1 is 0.629 bits per heavy atom. The Morgan fingerprint density at radius 3 is 1.54 bits per heavy atom. The van der Waals surface area contributed by atoms with E-state index >= 15 is 0 Å². The van der Waals surface area contributed by atoms with Gasteiger partial charge in [0.15, 0.2) is 11.6 Å². The lowest BCUT2D eigenvalue weighted by Crippen LogP contribution is -2.21. The second kappa shape index (κ2) is 13.4. The first-order valence-corrected chi connectivity index (χ1v) is 13.0. The summed E-state index contributed by atoms with van der Waals surface area (Å²) in [5.41, 5.74) is 10.00. The van der Waals surface area contributed by atoms with Crippen LogP contribution in [0.3, 0.4) is 0 Å². The van der Waals surface area contributed by atoms with Crippen LogP contribution < -0.4 is 0 Å². The molecule has 0 saturated heterocycles. The summed E-state index contributed by atoms with van der Waals surface area (Å²) in [6.45, 7) is 16.6. The first-order valence-electron chi connectivity index (χ1n) is 13.0. The number of ketones is 2. The third-order valence-electron chi connectivity index (χ3n) is 7.00. The van der Waals surface area contributed by atoms with Crippen LogP contribution in [0.5, 0.6) is 0 Å². The third-order valence-corrected chi connectivity index (χ3v) is 7.00. The second-order valence-corrected chi connectivity index (χ2v) is 10.5. The topological polar surface area (TPSA) is 34.1 Å². The zero-order chi connectivity index (χ0) is 26.1. The monoisotopic (exact) mass is 472 g/mol. The van der Waals surface area contributed by atoms with Gasteiger partial charge in [0.2, 0.25) is 0 Å². The van der Waals surface area contributed by atoms with Gasteiger partial charge in [-0.25, -0.2) is 0 Å². The quantitative estimate of drug-likeness (QED) is 0.300. The highest BCUT2D eigenvalue weighted by Crippen LogP contribution is 2.30. The highest BCUT2D eigenvalue weighted by atomic mass is 16.1. The SMILES string of the molecule is CC(C)=CCCC(C)=CCCC(C)=CCCC(C)=CCC1=C(C)C(=O)c2cc(C)c(C)cc2C1=O. The molecule has 0 aromatic heterocycles. The molecule has 0 saturated carbocycles. The molecule has 0 bridgehead atoms. The maximum atomic E-state index is 13.1. The molecule has 2 nitrogen and oxygen atoms in total. The summed E-state index contributed by atoms with van der Waals surface area (Å²) < 4.78 is 0. The van der Waals surface area contributed by atoms with Gasteiger partial charge in [-0.15, -0.1) is 0 Å². The molecular formula is C33H44O2. The van der Waals surface area contributed by atoms with Crippen molar-refractivity contribution >= 4 is 11.6 Å². The Hall–Kier alpha value is -2.74. The summed E-state index contributed by atoms with van der Waals surface area (Å²) in [4.78, 5) is 26.0. The zero-order valence-electron chi connectivity index (χ0n) is 23.2. The number of carbonyl (C=O) groups is 2. The molecule has 1 aromatic carbocycles. The van der Waals surface area contributed by atoms with Gasteiger partial charge in [0.1, 0.15) is 0 Å². The standard InChI is InChI=1S/C33H44O2/c1-22(2)12-9-13-23(3)14-10-15-24(4)16-11-17-25(5)18-19-29-28(8)32(34)30-20-26(6)27(7)21-31(30)33(29)35/h12,14,16,18,20-21H,9-11,13,15,17,19H2,1-8H3. The van der Waals surface area contributed by atoms with Crippen molar-refractivity contribution in [2.24, 2.45) is 0 Å². The first-order chi connectivity index (χ1) is 16.5. The number of carbonyl (C=O) groups excluding carboxylic acids is 2. The van der Waals surface area contributed by atoms with E-state index in [1.165, 1.54) is 22.3 Å². The molecule has 2 rings (SSSR count). The average Bonchev–Trinajstić information content (AvgIpc) is 2.78. The van der Waals surface area contributed by atoms with E-state index in [9.17, 15) is 9.59 Å². The van der Waals surface area contributed by atoms with E-state index in [-0.39, 0.29) is 11.6 Å². The molecule has 0 unspecified atom stereocenters. The largest absolute Gasteiger partial charge is 0.289 e. The summed E-state index contributed by atoms with van der Waals surface area (Å²) in [5.74, 6) is -0.00673. The summed E-state index contributed by atoms with van der Waals surface area (Å²) in [7, 11) is 0. The Morgan fingerprint density at radius 2 is 1.06 bits per heavy atom. The molecule has 2 heteroatoms. The predicted octanol–water partition coefficient (Wildman–Crippen LogP) is 9.53. The smallest absolute Gasteiger partial charge is 0.190 e. The summed E-state index contributed by atoms with van der Waals surface area (Å²) in [5, 5.41) is 0. The Bertz CT molecular complexity index is 1110. The number of rotatable bonds is 11. The third kappa shape index (κ3) is 8.46. The lowest BCUT2D eigenvalue weighted by atomic mass is 9.81. The molecule has 0 radical (unpaired) electrons. The summed E-state index contributed by atoms with van der Waals surface area (Å²) >= 11 is 0. The Balaban J connectivity index is 1.89. The molecule has 1 aliphatic rings. The molecular weight excluding hydrogens is 428 g/mol. The van der Waals surface area contributed by atoms with Gasteiger partial charge in [-0.1, -0.05) is 46.6 Å². The molecule has 0 aliphatic heterocycles. The van der Waals surface area contributed by atoms with Gasteiger partial charge in [-0.3, -0.25) is 9.59 Å². The van der Waals surface area contributed by atoms with Crippen molar-refractivity contribution in [1.29, 1.82) is 0 Å². The van der Waals surface area contributed by atoms with Crippen molar-refractivity contribution < 1.29 is 9.59 Å². The van der Waals surface area contributed by atoms with E-state index in [1.807, 2.05) is 26.0 Å². The summed E-state index contributed by atoms with van der Waals surface area (Å²) in [6, 6.07) is 3.74. The van der Waals surface area contributed by atoms with Crippen molar-refractivity contribution in [2.75, 3.05) is 0 Å². The minimum atomic E-state index is -0.0106. The van der Waals surface area contributed by atoms with Crippen LogP contribution in [-0.4, -0.2) is 11.6 Å². The lowest BCUT2D eigenvalue weighted by molar-refractivity contribution is 0.0973.